The van der Waals surface area contributed by atoms with Crippen LogP contribution in [0.25, 0.3) is 5.65 Å². The molecule has 2 fully saturated rings. The van der Waals surface area contributed by atoms with Gasteiger partial charge in [-0.05, 0) is 51.3 Å². The van der Waals surface area contributed by atoms with Crippen LogP contribution in [0.15, 0.2) is 18.3 Å². The van der Waals surface area contributed by atoms with E-state index in [2.05, 4.69) is 20.8 Å². The van der Waals surface area contributed by atoms with Crippen molar-refractivity contribution in [2.75, 3.05) is 13.1 Å². The van der Waals surface area contributed by atoms with Crippen molar-refractivity contribution >= 4 is 17.6 Å². The Bertz CT molecular complexity index is 1000. The molecule has 2 atom stereocenters. The average Bonchev–Trinajstić information content (AvgIpc) is 3.22. The predicted octanol–water partition coefficient (Wildman–Crippen LogP) is 3.47. The van der Waals surface area contributed by atoms with Gasteiger partial charge in [0.25, 0.3) is 0 Å². The number of alkyl halides is 3. The summed E-state index contributed by atoms with van der Waals surface area (Å²) in [5, 5.41) is 13.5. The molecule has 1 aliphatic heterocycles. The van der Waals surface area contributed by atoms with Crippen LogP contribution in [0.4, 0.5) is 18.0 Å². The predicted molar refractivity (Wildman–Crippen MR) is 115 cm³/mol. The highest BCUT2D eigenvalue weighted by atomic mass is 19.4. The molecule has 8 nitrogen and oxygen atoms in total. The lowest BCUT2D eigenvalue weighted by Gasteiger charge is -2.35. The average molecular weight is 467 g/mol. The first-order valence-electron chi connectivity index (χ1n) is 11.5. The number of aromatic nitrogens is 3. The third-order valence-corrected chi connectivity index (χ3v) is 6.68. The molecule has 0 aromatic carbocycles. The molecule has 3 heterocycles. The number of carbonyl (C=O) groups is 2. The molecule has 2 aromatic heterocycles. The number of halogens is 3. The number of rotatable bonds is 4. The van der Waals surface area contributed by atoms with E-state index < -0.39 is 29.7 Å². The van der Waals surface area contributed by atoms with E-state index in [0.29, 0.717) is 24.6 Å². The summed E-state index contributed by atoms with van der Waals surface area (Å²) in [5.74, 6) is -0.124. The van der Waals surface area contributed by atoms with Gasteiger partial charge in [0, 0.05) is 24.7 Å². The van der Waals surface area contributed by atoms with Crippen LogP contribution in [0.5, 0.6) is 0 Å². The third kappa shape index (κ3) is 5.45. The van der Waals surface area contributed by atoms with E-state index in [0.717, 1.165) is 50.8 Å². The number of nitrogens with one attached hydrogen (secondary N) is 2. The molecule has 2 aromatic rings. The first-order valence-corrected chi connectivity index (χ1v) is 11.5. The molecule has 0 bridgehead atoms. The first-order chi connectivity index (χ1) is 15.7. The summed E-state index contributed by atoms with van der Waals surface area (Å²) < 4.78 is 40.9. The zero-order valence-electron chi connectivity index (χ0n) is 18.6. The number of amides is 3. The minimum absolute atomic E-state index is 0.101. The van der Waals surface area contributed by atoms with Crippen LogP contribution < -0.4 is 10.6 Å². The molecule has 3 amide bonds. The Labute approximate surface area is 189 Å². The lowest BCUT2D eigenvalue weighted by Crippen LogP contribution is -2.53. The molecule has 2 N–H and O–H groups in total. The maximum absolute atomic E-state index is 13.2. The van der Waals surface area contributed by atoms with Gasteiger partial charge in [-0.15, -0.1) is 10.2 Å². The molecular weight excluding hydrogens is 437 g/mol. The van der Waals surface area contributed by atoms with Gasteiger partial charge in [0.05, 0.1) is 11.6 Å². The Morgan fingerprint density at radius 1 is 1.09 bits per heavy atom. The van der Waals surface area contributed by atoms with Gasteiger partial charge in [-0.1, -0.05) is 19.3 Å². The molecule has 0 spiro atoms. The zero-order chi connectivity index (χ0) is 23.6. The number of urea groups is 1. The molecule has 2 aliphatic rings. The Kier molecular flexibility index (Phi) is 6.87. The fraction of sp³-hybridized carbons (Fsp3) is 0.636. The van der Waals surface area contributed by atoms with E-state index in [4.69, 9.17) is 0 Å². The van der Waals surface area contributed by atoms with Gasteiger partial charge < -0.3 is 5.32 Å². The molecule has 2 unspecified atom stereocenters. The summed E-state index contributed by atoms with van der Waals surface area (Å²) >= 11 is 0. The molecule has 33 heavy (non-hydrogen) atoms. The topological polar surface area (TPSA) is 91.6 Å². The monoisotopic (exact) mass is 466 g/mol. The van der Waals surface area contributed by atoms with Crippen LogP contribution in [-0.4, -0.2) is 56.6 Å². The number of likely N-dealkylation sites (tertiary alicyclic amines) is 1. The minimum Gasteiger partial charge on any atom is -0.335 e. The Balaban J connectivity index is 1.40. The molecule has 1 saturated carbocycles. The number of imide groups is 1. The smallest absolute Gasteiger partial charge is 0.335 e. The quantitative estimate of drug-likeness (QED) is 0.720. The van der Waals surface area contributed by atoms with E-state index in [1.165, 1.54) is 16.9 Å². The van der Waals surface area contributed by atoms with E-state index in [-0.39, 0.29) is 12.0 Å². The van der Waals surface area contributed by atoms with Gasteiger partial charge in [-0.25, -0.2) is 4.79 Å². The van der Waals surface area contributed by atoms with Crippen LogP contribution in [0.2, 0.25) is 0 Å². The van der Waals surface area contributed by atoms with Gasteiger partial charge in [0.2, 0.25) is 5.91 Å². The molecule has 11 heteroatoms. The van der Waals surface area contributed by atoms with Crippen LogP contribution in [0.3, 0.4) is 0 Å². The van der Waals surface area contributed by atoms with E-state index >= 15 is 0 Å². The Morgan fingerprint density at radius 3 is 2.58 bits per heavy atom. The van der Waals surface area contributed by atoms with Crippen molar-refractivity contribution in [2.24, 2.45) is 0 Å². The number of nitrogens with zero attached hydrogens (tertiary/aromatic N) is 4. The van der Waals surface area contributed by atoms with E-state index in [9.17, 15) is 22.8 Å². The fourth-order valence-corrected chi connectivity index (χ4v) is 4.77. The van der Waals surface area contributed by atoms with Gasteiger partial charge in [-0.3, -0.25) is 19.4 Å². The van der Waals surface area contributed by atoms with Gasteiger partial charge in [0.1, 0.15) is 5.82 Å². The molecule has 4 rings (SSSR count). The zero-order valence-corrected chi connectivity index (χ0v) is 18.6. The lowest BCUT2D eigenvalue weighted by molar-refractivity contribution is -0.137. The fourth-order valence-electron chi connectivity index (χ4n) is 4.77. The van der Waals surface area contributed by atoms with Crippen molar-refractivity contribution in [1.29, 1.82) is 0 Å². The Hall–Kier alpha value is -2.69. The molecule has 1 saturated heterocycles. The summed E-state index contributed by atoms with van der Waals surface area (Å²) in [6, 6.07) is 1.36. The maximum Gasteiger partial charge on any atom is 0.417 e. The van der Waals surface area contributed by atoms with Crippen molar-refractivity contribution < 1.29 is 22.8 Å². The summed E-state index contributed by atoms with van der Waals surface area (Å²) in [5.41, 5.74) is -0.416. The number of pyridine rings is 1. The number of hydrogen-bond donors (Lipinski definition) is 2. The van der Waals surface area contributed by atoms with Gasteiger partial charge >= 0.3 is 12.2 Å². The highest BCUT2D eigenvalue weighted by molar-refractivity contribution is 5.96. The van der Waals surface area contributed by atoms with Gasteiger partial charge in [-0.2, -0.15) is 13.2 Å². The second-order valence-electron chi connectivity index (χ2n) is 9.01. The summed E-state index contributed by atoms with van der Waals surface area (Å²) in [7, 11) is 0. The number of piperidine rings is 1. The normalized spacial score (nSPS) is 21.6. The van der Waals surface area contributed by atoms with Crippen molar-refractivity contribution in [2.45, 2.75) is 76.0 Å². The standard InChI is InChI=1S/C22H29F3N6O2/c1-14(20(32)27-21(33)26-17-7-3-2-4-8-17)30-11-5-6-15(12-30)19-29-28-18-10-9-16(13-31(18)19)22(23,24)25/h9-10,13-15,17H,2-8,11-12H2,1H3,(H2,26,27,32,33). The highest BCUT2D eigenvalue weighted by Crippen LogP contribution is 2.31. The Morgan fingerprint density at radius 2 is 1.85 bits per heavy atom. The number of hydrogen-bond acceptors (Lipinski definition) is 5. The SMILES string of the molecule is CC(C(=O)NC(=O)NC1CCCCC1)N1CCCC(c2nnc3ccc(C(F)(F)F)cn23)C1. The van der Waals surface area contributed by atoms with Crippen LogP contribution >= 0.6 is 0 Å². The molecule has 180 valence electrons. The molecule has 0 radical (unpaired) electrons. The molecule has 1 aliphatic carbocycles. The number of carbonyl (C=O) groups excluding carboxylic acids is 2. The minimum atomic E-state index is -4.46. The molecular formula is C22H29F3N6O2. The lowest BCUT2D eigenvalue weighted by atomic mass is 9.95. The third-order valence-electron chi connectivity index (χ3n) is 6.68. The van der Waals surface area contributed by atoms with Crippen molar-refractivity contribution in [3.05, 3.63) is 29.7 Å². The summed E-state index contributed by atoms with van der Waals surface area (Å²) in [6.07, 6.45) is 3.22. The van der Waals surface area contributed by atoms with Crippen molar-refractivity contribution in [1.82, 2.24) is 30.1 Å². The second-order valence-corrected chi connectivity index (χ2v) is 9.01. The van der Waals surface area contributed by atoms with Gasteiger partial charge in [0.15, 0.2) is 5.65 Å². The second kappa shape index (κ2) is 9.66. The first kappa shape index (κ1) is 23.5. The van der Waals surface area contributed by atoms with Crippen LogP contribution in [0, 0.1) is 0 Å². The largest absolute Gasteiger partial charge is 0.417 e. The maximum atomic E-state index is 13.2. The van der Waals surface area contributed by atoms with Crippen molar-refractivity contribution in [3.63, 3.8) is 0 Å². The van der Waals surface area contributed by atoms with Crippen molar-refractivity contribution in [3.8, 4) is 0 Å². The van der Waals surface area contributed by atoms with Crippen LogP contribution in [-0.2, 0) is 11.0 Å². The summed E-state index contributed by atoms with van der Waals surface area (Å²) in [6.45, 7) is 2.82. The van der Waals surface area contributed by atoms with Crippen LogP contribution in [0.1, 0.15) is 69.2 Å². The summed E-state index contributed by atoms with van der Waals surface area (Å²) in [4.78, 5) is 26.9. The highest BCUT2D eigenvalue weighted by Gasteiger charge is 2.34. The van der Waals surface area contributed by atoms with E-state index in [1.54, 1.807) is 6.92 Å². The van der Waals surface area contributed by atoms with E-state index in [1.807, 2.05) is 4.90 Å². The number of fused-ring (bicyclic) bond motifs is 1.